The summed E-state index contributed by atoms with van der Waals surface area (Å²) in [5.41, 5.74) is 3.45. The maximum atomic E-state index is 11.5. The van der Waals surface area contributed by atoms with Gasteiger partial charge >= 0.3 is 0 Å². The summed E-state index contributed by atoms with van der Waals surface area (Å²) in [6.45, 7) is 8.00. The molecule has 86 valence electrons. The minimum Gasteiger partial charge on any atom is -0.295 e. The van der Waals surface area contributed by atoms with Gasteiger partial charge in [0.05, 0.1) is 0 Å². The lowest BCUT2D eigenvalue weighted by atomic mass is 9.93. The molecule has 0 fully saturated rings. The van der Waals surface area contributed by atoms with E-state index in [-0.39, 0.29) is 0 Å². The number of hydrogen-bond acceptors (Lipinski definition) is 1. The first-order valence-electron chi connectivity index (χ1n) is 5.95. The molecule has 0 spiro atoms. The zero-order valence-corrected chi connectivity index (χ0v) is 10.6. The molecule has 0 amide bonds. The van der Waals surface area contributed by atoms with Crippen LogP contribution in [0.3, 0.4) is 0 Å². The van der Waals surface area contributed by atoms with Gasteiger partial charge < -0.3 is 0 Å². The Hall–Kier alpha value is -1.37. The van der Waals surface area contributed by atoms with Gasteiger partial charge in [0.15, 0.2) is 5.78 Å². The van der Waals surface area contributed by atoms with Gasteiger partial charge in [-0.25, -0.2) is 0 Å². The van der Waals surface area contributed by atoms with Crippen LogP contribution in [0.15, 0.2) is 41.5 Å². The third-order valence-corrected chi connectivity index (χ3v) is 3.12. The predicted molar refractivity (Wildman–Crippen MR) is 68.5 cm³/mol. The second kappa shape index (κ2) is 5.64. The highest BCUT2D eigenvalue weighted by Crippen LogP contribution is 2.36. The van der Waals surface area contributed by atoms with E-state index in [0.717, 1.165) is 5.57 Å². The van der Waals surface area contributed by atoms with Crippen molar-refractivity contribution in [1.29, 1.82) is 0 Å². The van der Waals surface area contributed by atoms with E-state index in [2.05, 4.69) is 19.1 Å². The quantitative estimate of drug-likeness (QED) is 0.690. The summed E-state index contributed by atoms with van der Waals surface area (Å²) in [6, 6.07) is 10.3. The maximum absolute atomic E-state index is 11.5. The number of allylic oxidation sites excluding steroid dienone is 2. The molecule has 0 N–H and O–H groups in total. The summed E-state index contributed by atoms with van der Waals surface area (Å²) in [7, 11) is 0. The van der Waals surface area contributed by atoms with Crippen molar-refractivity contribution in [2.45, 2.75) is 40.0 Å². The van der Waals surface area contributed by atoms with Crippen LogP contribution in [0.1, 0.15) is 45.6 Å². The van der Waals surface area contributed by atoms with Crippen LogP contribution in [0.4, 0.5) is 0 Å². The fourth-order valence-electron chi connectivity index (χ4n) is 2.03. The number of carbonyl (C=O) groups is 1. The predicted octanol–water partition coefficient (Wildman–Crippen LogP) is 4.11. The summed E-state index contributed by atoms with van der Waals surface area (Å²) in [5.74, 6) is 0.625. The Morgan fingerprint density at radius 3 is 2.06 bits per heavy atom. The Labute approximate surface area is 98.2 Å². The zero-order valence-electron chi connectivity index (χ0n) is 10.6. The van der Waals surface area contributed by atoms with E-state index in [1.54, 1.807) is 0 Å². The number of hydrogen-bond donors (Lipinski definition) is 0. The lowest BCUT2D eigenvalue weighted by Crippen LogP contribution is -1.97. The molecule has 1 nitrogen and oxygen atoms in total. The molecule has 0 aliphatic heterocycles. The molecule has 0 aromatic heterocycles. The van der Waals surface area contributed by atoms with E-state index in [1.165, 1.54) is 11.1 Å². The number of carbonyl (C=O) groups excluding carboxylic acids is 1. The number of rotatable bonds is 1. The number of benzene rings is 1. The molecule has 16 heavy (non-hydrogen) atoms. The fraction of sp³-hybridized carbons (Fsp3) is 0.400. The van der Waals surface area contributed by atoms with Gasteiger partial charge in [0.1, 0.15) is 0 Å². The van der Waals surface area contributed by atoms with Gasteiger partial charge in [0.25, 0.3) is 0 Å². The maximum Gasteiger partial charge on any atom is 0.159 e. The minimum atomic E-state index is 0.302. The van der Waals surface area contributed by atoms with Crippen molar-refractivity contribution in [3.05, 3.63) is 47.0 Å². The first kappa shape index (κ1) is 12.7. The van der Waals surface area contributed by atoms with E-state index >= 15 is 0 Å². The van der Waals surface area contributed by atoms with Gasteiger partial charge in [-0.2, -0.15) is 0 Å². The SMILES string of the molecule is CC.CC1=C(C)C(c2ccccc2)CC1=O. The van der Waals surface area contributed by atoms with Gasteiger partial charge in [-0.05, 0) is 25.0 Å². The van der Waals surface area contributed by atoms with Gasteiger partial charge in [-0.3, -0.25) is 4.79 Å². The highest BCUT2D eigenvalue weighted by molar-refractivity contribution is 5.99. The summed E-state index contributed by atoms with van der Waals surface area (Å²) < 4.78 is 0. The van der Waals surface area contributed by atoms with Crippen LogP contribution >= 0.6 is 0 Å². The van der Waals surface area contributed by atoms with Crippen LogP contribution < -0.4 is 0 Å². The number of Topliss-reactive ketones (excluding diaryl/α,β-unsaturated/α-hetero) is 1. The average molecular weight is 216 g/mol. The summed E-state index contributed by atoms with van der Waals surface area (Å²) >= 11 is 0. The summed E-state index contributed by atoms with van der Waals surface area (Å²) in [4.78, 5) is 11.5. The lowest BCUT2D eigenvalue weighted by Gasteiger charge is -2.10. The van der Waals surface area contributed by atoms with E-state index in [0.29, 0.717) is 18.1 Å². The zero-order chi connectivity index (χ0) is 12.1. The first-order valence-corrected chi connectivity index (χ1v) is 5.95. The van der Waals surface area contributed by atoms with Crippen molar-refractivity contribution >= 4 is 5.78 Å². The molecule has 1 aliphatic carbocycles. The molecular formula is C15H20O. The summed E-state index contributed by atoms with van der Waals surface area (Å²) in [5, 5.41) is 0. The molecule has 1 unspecified atom stereocenters. The molecule has 1 aliphatic rings. The van der Waals surface area contributed by atoms with Crippen molar-refractivity contribution in [3.63, 3.8) is 0 Å². The van der Waals surface area contributed by atoms with E-state index in [9.17, 15) is 4.79 Å². The normalized spacial score (nSPS) is 19.5. The second-order valence-electron chi connectivity index (χ2n) is 3.90. The van der Waals surface area contributed by atoms with Crippen LogP contribution in [-0.2, 0) is 4.79 Å². The van der Waals surface area contributed by atoms with Crippen LogP contribution in [0, 0.1) is 0 Å². The van der Waals surface area contributed by atoms with Crippen molar-refractivity contribution in [3.8, 4) is 0 Å². The second-order valence-corrected chi connectivity index (χ2v) is 3.90. The third kappa shape index (κ3) is 2.41. The molecule has 2 rings (SSSR count). The van der Waals surface area contributed by atoms with Crippen LogP contribution in [0.2, 0.25) is 0 Å². The Balaban J connectivity index is 0.000000606. The summed E-state index contributed by atoms with van der Waals surface area (Å²) in [6.07, 6.45) is 0.654. The molecule has 0 bridgehead atoms. The van der Waals surface area contributed by atoms with E-state index in [1.807, 2.05) is 39.0 Å². The molecule has 0 saturated carbocycles. The highest BCUT2D eigenvalue weighted by Gasteiger charge is 2.27. The monoisotopic (exact) mass is 216 g/mol. The largest absolute Gasteiger partial charge is 0.295 e. The van der Waals surface area contributed by atoms with E-state index in [4.69, 9.17) is 0 Å². The van der Waals surface area contributed by atoms with Crippen LogP contribution in [-0.4, -0.2) is 5.78 Å². The highest BCUT2D eigenvalue weighted by atomic mass is 16.1. The van der Waals surface area contributed by atoms with Crippen molar-refractivity contribution in [1.82, 2.24) is 0 Å². The van der Waals surface area contributed by atoms with E-state index < -0.39 is 0 Å². The molecule has 0 saturated heterocycles. The first-order chi connectivity index (χ1) is 7.70. The molecule has 1 aromatic carbocycles. The molecule has 1 heteroatoms. The van der Waals surface area contributed by atoms with Gasteiger partial charge in [0.2, 0.25) is 0 Å². The number of ketones is 1. The van der Waals surface area contributed by atoms with Gasteiger partial charge in [0, 0.05) is 12.3 Å². The van der Waals surface area contributed by atoms with Crippen molar-refractivity contribution in [2.24, 2.45) is 0 Å². The average Bonchev–Trinajstić information content (AvgIpc) is 2.61. The van der Waals surface area contributed by atoms with Crippen LogP contribution in [0.5, 0.6) is 0 Å². The fourth-order valence-corrected chi connectivity index (χ4v) is 2.03. The topological polar surface area (TPSA) is 17.1 Å². The Bertz CT molecular complexity index is 387. The minimum absolute atomic E-state index is 0.302. The van der Waals surface area contributed by atoms with Crippen molar-refractivity contribution in [2.75, 3.05) is 0 Å². The lowest BCUT2D eigenvalue weighted by molar-refractivity contribution is -0.115. The standard InChI is InChI=1S/C13H14O.C2H6/c1-9-10(2)13(14)8-12(9)11-6-4-3-5-7-11;1-2/h3-7,12H,8H2,1-2H3;1-2H3. The smallest absolute Gasteiger partial charge is 0.159 e. The van der Waals surface area contributed by atoms with Crippen LogP contribution in [0.25, 0.3) is 0 Å². The van der Waals surface area contributed by atoms with Crippen molar-refractivity contribution < 1.29 is 4.79 Å². The molecule has 0 radical (unpaired) electrons. The molecule has 1 atom stereocenters. The Morgan fingerprint density at radius 1 is 1.06 bits per heavy atom. The molecule has 1 aromatic rings. The molecule has 0 heterocycles. The molecular weight excluding hydrogens is 196 g/mol. The third-order valence-electron chi connectivity index (χ3n) is 3.12. The van der Waals surface area contributed by atoms with Gasteiger partial charge in [-0.15, -0.1) is 0 Å². The Morgan fingerprint density at radius 2 is 1.62 bits per heavy atom. The van der Waals surface area contributed by atoms with Gasteiger partial charge in [-0.1, -0.05) is 49.8 Å². The Kier molecular flexibility index (Phi) is 4.48.